The number of nitrogens with zero attached hydrogens (tertiary/aromatic N) is 1. The average Bonchev–Trinajstić information content (AvgIpc) is 2.30. The van der Waals surface area contributed by atoms with Crippen LogP contribution in [-0.2, 0) is 11.3 Å². The van der Waals surface area contributed by atoms with Gasteiger partial charge in [0.05, 0.1) is 13.2 Å². The zero-order valence-electron chi connectivity index (χ0n) is 11.4. The molecule has 1 aromatic rings. The van der Waals surface area contributed by atoms with E-state index in [-0.39, 0.29) is 6.61 Å². The van der Waals surface area contributed by atoms with E-state index in [1.165, 1.54) is 16.7 Å². The van der Waals surface area contributed by atoms with Gasteiger partial charge in [0, 0.05) is 31.8 Å². The van der Waals surface area contributed by atoms with Gasteiger partial charge in [-0.3, -0.25) is 4.90 Å². The Bertz CT molecular complexity index is 359. The summed E-state index contributed by atoms with van der Waals surface area (Å²) in [4.78, 5) is 2.19. The van der Waals surface area contributed by atoms with Crippen molar-refractivity contribution in [3.05, 3.63) is 33.8 Å². The minimum Gasteiger partial charge on any atom is -0.395 e. The van der Waals surface area contributed by atoms with E-state index in [0.717, 1.165) is 18.1 Å². The van der Waals surface area contributed by atoms with Crippen LogP contribution >= 0.6 is 11.6 Å². The third-order valence-corrected chi connectivity index (χ3v) is 3.29. The molecule has 0 aliphatic carbocycles. The van der Waals surface area contributed by atoms with E-state index < -0.39 is 0 Å². The maximum absolute atomic E-state index is 9.09. The summed E-state index contributed by atoms with van der Waals surface area (Å²) in [6.07, 6.45) is 0. The first kappa shape index (κ1) is 15.4. The second-order valence-corrected chi connectivity index (χ2v) is 4.95. The molecule has 0 aromatic heterocycles. The maximum Gasteiger partial charge on any atom is 0.0589 e. The molecular formula is C14H22ClNO2. The van der Waals surface area contributed by atoms with E-state index in [0.29, 0.717) is 13.2 Å². The largest absolute Gasteiger partial charge is 0.395 e. The molecule has 0 radical (unpaired) electrons. The first-order valence-corrected chi connectivity index (χ1v) is 6.54. The fourth-order valence-corrected chi connectivity index (χ4v) is 2.37. The van der Waals surface area contributed by atoms with Crippen molar-refractivity contribution in [3.8, 4) is 0 Å². The van der Waals surface area contributed by atoms with Crippen LogP contribution in [0.4, 0.5) is 0 Å². The molecular weight excluding hydrogens is 250 g/mol. The highest BCUT2D eigenvalue weighted by Crippen LogP contribution is 2.21. The van der Waals surface area contributed by atoms with Crippen molar-refractivity contribution in [3.63, 3.8) is 0 Å². The summed E-state index contributed by atoms with van der Waals surface area (Å²) in [6.45, 7) is 7.27. The lowest BCUT2D eigenvalue weighted by Gasteiger charge is -2.23. The summed E-state index contributed by atoms with van der Waals surface area (Å²) in [5.41, 5.74) is 3.67. The van der Waals surface area contributed by atoms with Gasteiger partial charge in [-0.15, -0.1) is 0 Å². The molecule has 0 heterocycles. The molecule has 0 aliphatic rings. The predicted octanol–water partition coefficient (Wildman–Crippen LogP) is 2.40. The fraction of sp³-hybridized carbons (Fsp3) is 0.571. The van der Waals surface area contributed by atoms with Gasteiger partial charge >= 0.3 is 0 Å². The number of methoxy groups -OCH3 is 1. The van der Waals surface area contributed by atoms with Crippen molar-refractivity contribution in [2.24, 2.45) is 0 Å². The SMILES string of the molecule is COCCN(CCO)Cc1c(C)cc(Cl)cc1C. The Morgan fingerprint density at radius 3 is 2.33 bits per heavy atom. The van der Waals surface area contributed by atoms with Crippen LogP contribution in [-0.4, -0.2) is 43.4 Å². The molecule has 0 fully saturated rings. The molecule has 1 aromatic carbocycles. The van der Waals surface area contributed by atoms with E-state index in [1.807, 2.05) is 12.1 Å². The van der Waals surface area contributed by atoms with Crippen LogP contribution < -0.4 is 0 Å². The van der Waals surface area contributed by atoms with Gasteiger partial charge in [0.15, 0.2) is 0 Å². The molecule has 0 saturated heterocycles. The summed E-state index contributed by atoms with van der Waals surface area (Å²) >= 11 is 6.03. The molecule has 4 heteroatoms. The Balaban J connectivity index is 2.79. The average molecular weight is 272 g/mol. The highest BCUT2D eigenvalue weighted by molar-refractivity contribution is 6.30. The smallest absolute Gasteiger partial charge is 0.0589 e. The van der Waals surface area contributed by atoms with Gasteiger partial charge in [-0.25, -0.2) is 0 Å². The number of halogens is 1. The molecule has 3 nitrogen and oxygen atoms in total. The number of rotatable bonds is 7. The highest BCUT2D eigenvalue weighted by atomic mass is 35.5. The molecule has 0 bridgehead atoms. The zero-order valence-corrected chi connectivity index (χ0v) is 12.1. The number of aryl methyl sites for hydroxylation is 2. The molecule has 1 N–H and O–H groups in total. The van der Waals surface area contributed by atoms with E-state index in [1.54, 1.807) is 7.11 Å². The standard InChI is InChI=1S/C14H22ClNO2/c1-11-8-13(15)9-12(2)14(11)10-16(4-6-17)5-7-18-3/h8-9,17H,4-7,10H2,1-3H3. The van der Waals surface area contributed by atoms with Crippen molar-refractivity contribution in [1.82, 2.24) is 4.90 Å². The molecule has 1 rings (SSSR count). The van der Waals surface area contributed by atoms with Crippen LogP contribution in [0.5, 0.6) is 0 Å². The zero-order chi connectivity index (χ0) is 13.5. The first-order valence-electron chi connectivity index (χ1n) is 6.16. The summed E-state index contributed by atoms with van der Waals surface area (Å²) in [7, 11) is 1.69. The normalized spacial score (nSPS) is 11.2. The molecule has 0 unspecified atom stereocenters. The number of aliphatic hydroxyl groups excluding tert-OH is 1. The number of ether oxygens (including phenoxy) is 1. The van der Waals surface area contributed by atoms with Crippen LogP contribution in [0.15, 0.2) is 12.1 Å². The van der Waals surface area contributed by atoms with Gasteiger partial charge in [0.2, 0.25) is 0 Å². The lowest BCUT2D eigenvalue weighted by molar-refractivity contribution is 0.126. The van der Waals surface area contributed by atoms with Gasteiger partial charge in [0.25, 0.3) is 0 Å². The summed E-state index contributed by atoms with van der Waals surface area (Å²) in [5.74, 6) is 0. The Labute approximate surface area is 114 Å². The predicted molar refractivity (Wildman–Crippen MR) is 75.2 cm³/mol. The third-order valence-electron chi connectivity index (χ3n) is 3.07. The van der Waals surface area contributed by atoms with Crippen molar-refractivity contribution in [2.75, 3.05) is 33.4 Å². The topological polar surface area (TPSA) is 32.7 Å². The van der Waals surface area contributed by atoms with E-state index >= 15 is 0 Å². The van der Waals surface area contributed by atoms with Crippen LogP contribution in [0.2, 0.25) is 5.02 Å². The molecule has 102 valence electrons. The lowest BCUT2D eigenvalue weighted by atomic mass is 10.0. The fourth-order valence-electron chi connectivity index (χ4n) is 2.05. The second kappa shape index (κ2) is 7.74. The van der Waals surface area contributed by atoms with Crippen LogP contribution in [0.1, 0.15) is 16.7 Å². The quantitative estimate of drug-likeness (QED) is 0.827. The number of benzene rings is 1. The Morgan fingerprint density at radius 2 is 1.83 bits per heavy atom. The van der Waals surface area contributed by atoms with Crippen LogP contribution in [0, 0.1) is 13.8 Å². The molecule has 0 saturated carbocycles. The molecule has 0 spiro atoms. The van der Waals surface area contributed by atoms with Crippen molar-refractivity contribution >= 4 is 11.6 Å². The Morgan fingerprint density at radius 1 is 1.22 bits per heavy atom. The van der Waals surface area contributed by atoms with Gasteiger partial charge in [-0.05, 0) is 42.7 Å². The third kappa shape index (κ3) is 4.58. The van der Waals surface area contributed by atoms with Crippen molar-refractivity contribution < 1.29 is 9.84 Å². The lowest BCUT2D eigenvalue weighted by Crippen LogP contribution is -2.30. The van der Waals surface area contributed by atoms with Gasteiger partial charge in [0.1, 0.15) is 0 Å². The molecule has 0 atom stereocenters. The highest BCUT2D eigenvalue weighted by Gasteiger charge is 2.10. The number of hydrogen-bond donors (Lipinski definition) is 1. The first-order chi connectivity index (χ1) is 8.58. The Kier molecular flexibility index (Phi) is 6.65. The molecule has 0 amide bonds. The Hall–Kier alpha value is -0.610. The second-order valence-electron chi connectivity index (χ2n) is 4.51. The molecule has 18 heavy (non-hydrogen) atoms. The minimum atomic E-state index is 0.162. The van der Waals surface area contributed by atoms with Gasteiger partial charge in [-0.2, -0.15) is 0 Å². The summed E-state index contributed by atoms with van der Waals surface area (Å²) < 4.78 is 5.09. The van der Waals surface area contributed by atoms with E-state index in [9.17, 15) is 0 Å². The van der Waals surface area contributed by atoms with E-state index in [2.05, 4.69) is 18.7 Å². The van der Waals surface area contributed by atoms with Gasteiger partial charge in [-0.1, -0.05) is 11.6 Å². The summed E-state index contributed by atoms with van der Waals surface area (Å²) in [6, 6.07) is 3.97. The van der Waals surface area contributed by atoms with Crippen LogP contribution in [0.25, 0.3) is 0 Å². The monoisotopic (exact) mass is 271 g/mol. The van der Waals surface area contributed by atoms with Crippen molar-refractivity contribution in [2.45, 2.75) is 20.4 Å². The van der Waals surface area contributed by atoms with Gasteiger partial charge < -0.3 is 9.84 Å². The maximum atomic E-state index is 9.09. The van der Waals surface area contributed by atoms with Crippen LogP contribution in [0.3, 0.4) is 0 Å². The minimum absolute atomic E-state index is 0.162. The van der Waals surface area contributed by atoms with E-state index in [4.69, 9.17) is 21.4 Å². The molecule has 0 aliphatic heterocycles. The number of hydrogen-bond acceptors (Lipinski definition) is 3. The van der Waals surface area contributed by atoms with Crippen molar-refractivity contribution in [1.29, 1.82) is 0 Å². The number of aliphatic hydroxyl groups is 1. The summed E-state index contributed by atoms with van der Waals surface area (Å²) in [5, 5.41) is 9.87.